The van der Waals surface area contributed by atoms with Crippen LogP contribution in [0.1, 0.15) is 12.0 Å². The molecular formula is C23H24N6O3. The van der Waals surface area contributed by atoms with Crippen molar-refractivity contribution in [2.75, 3.05) is 20.3 Å². The van der Waals surface area contributed by atoms with E-state index in [0.717, 1.165) is 24.2 Å². The Morgan fingerprint density at radius 2 is 1.84 bits per heavy atom. The lowest BCUT2D eigenvalue weighted by atomic mass is 10.2. The van der Waals surface area contributed by atoms with Crippen LogP contribution in [0.4, 0.5) is 0 Å². The highest BCUT2D eigenvalue weighted by Gasteiger charge is 2.14. The summed E-state index contributed by atoms with van der Waals surface area (Å²) in [5.41, 5.74) is 1.88. The van der Waals surface area contributed by atoms with Crippen LogP contribution in [0.2, 0.25) is 0 Å². The Balaban J connectivity index is 1.30. The lowest BCUT2D eigenvalue weighted by molar-refractivity contribution is 0.296. The molecule has 0 saturated carbocycles. The molecule has 9 heteroatoms. The molecule has 2 aromatic carbocycles. The van der Waals surface area contributed by atoms with Crippen LogP contribution in [0.25, 0.3) is 5.69 Å². The van der Waals surface area contributed by atoms with Gasteiger partial charge < -0.3 is 19.5 Å². The summed E-state index contributed by atoms with van der Waals surface area (Å²) in [4.78, 5) is 4.14. The van der Waals surface area contributed by atoms with Crippen LogP contribution in [-0.2, 0) is 6.54 Å². The lowest BCUT2D eigenvalue weighted by Crippen LogP contribution is -2.17. The summed E-state index contributed by atoms with van der Waals surface area (Å²) >= 11 is 0. The molecule has 2 aromatic heterocycles. The van der Waals surface area contributed by atoms with Gasteiger partial charge in [-0.2, -0.15) is 4.68 Å². The maximum atomic E-state index is 5.94. The van der Waals surface area contributed by atoms with Gasteiger partial charge in [0.15, 0.2) is 11.5 Å². The maximum absolute atomic E-state index is 5.94. The first kappa shape index (κ1) is 21.3. The van der Waals surface area contributed by atoms with Crippen molar-refractivity contribution in [3.63, 3.8) is 0 Å². The molecule has 0 unspecified atom stereocenters. The highest BCUT2D eigenvalue weighted by atomic mass is 16.5. The van der Waals surface area contributed by atoms with Crippen LogP contribution in [0.5, 0.6) is 23.4 Å². The summed E-state index contributed by atoms with van der Waals surface area (Å²) < 4.78 is 18.6. The van der Waals surface area contributed by atoms with E-state index in [-0.39, 0.29) is 6.01 Å². The van der Waals surface area contributed by atoms with Crippen molar-refractivity contribution in [1.29, 1.82) is 0 Å². The van der Waals surface area contributed by atoms with Crippen molar-refractivity contribution in [1.82, 2.24) is 30.5 Å². The fourth-order valence-electron chi connectivity index (χ4n) is 3.02. The first-order valence-corrected chi connectivity index (χ1v) is 10.3. The summed E-state index contributed by atoms with van der Waals surface area (Å²) in [6.45, 7) is 2.12. The van der Waals surface area contributed by atoms with Crippen LogP contribution >= 0.6 is 0 Å². The van der Waals surface area contributed by atoms with Crippen LogP contribution in [-0.4, -0.2) is 45.5 Å². The standard InChI is InChI=1S/C23H24N6O3/c1-30-21-16-18(17-24-13-7-15-31-22-10-5-6-14-25-22)11-12-20(21)32-23-26-27-28-29(23)19-8-3-2-4-9-19/h2-6,8-12,14,16,24H,7,13,15,17H2,1H3. The van der Waals surface area contributed by atoms with E-state index >= 15 is 0 Å². The number of para-hydroxylation sites is 1. The average Bonchev–Trinajstić information content (AvgIpc) is 3.31. The predicted molar refractivity (Wildman–Crippen MR) is 118 cm³/mol. The summed E-state index contributed by atoms with van der Waals surface area (Å²) in [6.07, 6.45) is 2.59. The van der Waals surface area contributed by atoms with Gasteiger partial charge in [0.1, 0.15) is 0 Å². The van der Waals surface area contributed by atoms with Crippen LogP contribution in [0, 0.1) is 0 Å². The minimum atomic E-state index is 0.258. The van der Waals surface area contributed by atoms with Crippen molar-refractivity contribution in [3.8, 4) is 29.1 Å². The number of nitrogens with zero attached hydrogens (tertiary/aromatic N) is 5. The van der Waals surface area contributed by atoms with Gasteiger partial charge in [0.2, 0.25) is 5.88 Å². The number of pyridine rings is 1. The molecule has 0 amide bonds. The zero-order valence-electron chi connectivity index (χ0n) is 17.7. The zero-order valence-corrected chi connectivity index (χ0v) is 17.7. The predicted octanol–water partition coefficient (Wildman–Crippen LogP) is 3.42. The molecule has 0 radical (unpaired) electrons. The van der Waals surface area contributed by atoms with E-state index in [9.17, 15) is 0 Å². The Morgan fingerprint density at radius 1 is 0.969 bits per heavy atom. The van der Waals surface area contributed by atoms with E-state index in [1.54, 1.807) is 13.3 Å². The second-order valence-corrected chi connectivity index (χ2v) is 6.84. The summed E-state index contributed by atoms with van der Waals surface area (Å²) in [5, 5.41) is 15.1. The molecule has 4 rings (SSSR count). The highest BCUT2D eigenvalue weighted by molar-refractivity contribution is 5.44. The third kappa shape index (κ3) is 5.58. The van der Waals surface area contributed by atoms with Gasteiger partial charge in [-0.3, -0.25) is 0 Å². The molecule has 0 bridgehead atoms. The Hall–Kier alpha value is -3.98. The molecule has 9 nitrogen and oxygen atoms in total. The molecule has 0 saturated heterocycles. The Labute approximate surface area is 186 Å². The van der Waals surface area contributed by atoms with Gasteiger partial charge in [0.05, 0.1) is 19.4 Å². The topological polar surface area (TPSA) is 96.2 Å². The molecule has 0 aliphatic carbocycles. The van der Waals surface area contributed by atoms with E-state index in [1.165, 1.54) is 4.68 Å². The molecule has 2 heterocycles. The van der Waals surface area contributed by atoms with E-state index in [0.29, 0.717) is 30.5 Å². The quantitative estimate of drug-likeness (QED) is 0.360. The largest absolute Gasteiger partial charge is 0.493 e. The first-order chi connectivity index (χ1) is 15.8. The molecule has 164 valence electrons. The molecule has 0 atom stereocenters. The number of methoxy groups -OCH3 is 1. The number of ether oxygens (including phenoxy) is 3. The Kier molecular flexibility index (Phi) is 7.22. The van der Waals surface area contributed by atoms with Crippen molar-refractivity contribution >= 4 is 0 Å². The first-order valence-electron chi connectivity index (χ1n) is 10.3. The number of benzene rings is 2. The fourth-order valence-corrected chi connectivity index (χ4v) is 3.02. The van der Waals surface area contributed by atoms with Crippen molar-refractivity contribution in [2.24, 2.45) is 0 Å². The molecular weight excluding hydrogens is 408 g/mol. The number of hydrogen-bond donors (Lipinski definition) is 1. The number of aromatic nitrogens is 5. The minimum Gasteiger partial charge on any atom is -0.493 e. The SMILES string of the molecule is COc1cc(CNCCCOc2ccccn2)ccc1Oc1nnnn1-c1ccccc1. The normalized spacial score (nSPS) is 10.7. The molecule has 4 aromatic rings. The van der Waals surface area contributed by atoms with E-state index in [2.05, 4.69) is 25.8 Å². The molecule has 1 N–H and O–H groups in total. The van der Waals surface area contributed by atoms with E-state index in [1.807, 2.05) is 66.7 Å². The zero-order chi connectivity index (χ0) is 22.0. The van der Waals surface area contributed by atoms with Crippen molar-refractivity contribution in [2.45, 2.75) is 13.0 Å². The monoisotopic (exact) mass is 432 g/mol. The summed E-state index contributed by atoms with van der Waals surface area (Å²) in [7, 11) is 1.61. The molecule has 0 spiro atoms. The molecule has 0 aliphatic rings. The van der Waals surface area contributed by atoms with Gasteiger partial charge in [-0.05, 0) is 59.3 Å². The highest BCUT2D eigenvalue weighted by Crippen LogP contribution is 2.32. The number of hydrogen-bond acceptors (Lipinski definition) is 8. The van der Waals surface area contributed by atoms with Gasteiger partial charge in [-0.1, -0.05) is 35.4 Å². The van der Waals surface area contributed by atoms with E-state index in [4.69, 9.17) is 14.2 Å². The van der Waals surface area contributed by atoms with Crippen molar-refractivity contribution in [3.05, 3.63) is 78.5 Å². The van der Waals surface area contributed by atoms with Crippen molar-refractivity contribution < 1.29 is 14.2 Å². The van der Waals surface area contributed by atoms with Gasteiger partial charge in [0.25, 0.3) is 0 Å². The van der Waals surface area contributed by atoms with Gasteiger partial charge >= 0.3 is 6.01 Å². The smallest absolute Gasteiger partial charge is 0.346 e. The third-order valence-electron chi connectivity index (χ3n) is 4.59. The van der Waals surface area contributed by atoms with Gasteiger partial charge in [-0.15, -0.1) is 0 Å². The second kappa shape index (κ2) is 10.9. The Morgan fingerprint density at radius 3 is 2.66 bits per heavy atom. The summed E-state index contributed by atoms with van der Waals surface area (Å²) in [5.74, 6) is 1.78. The fraction of sp³-hybridized carbons (Fsp3) is 0.217. The number of rotatable bonds is 11. The minimum absolute atomic E-state index is 0.258. The van der Waals surface area contributed by atoms with Gasteiger partial charge in [0, 0.05) is 18.8 Å². The molecule has 32 heavy (non-hydrogen) atoms. The second-order valence-electron chi connectivity index (χ2n) is 6.84. The van der Waals surface area contributed by atoms with Crippen LogP contribution in [0.3, 0.4) is 0 Å². The average molecular weight is 432 g/mol. The maximum Gasteiger partial charge on any atom is 0.346 e. The lowest BCUT2D eigenvalue weighted by Gasteiger charge is -2.12. The number of nitrogens with one attached hydrogen (secondary N) is 1. The molecule has 0 fully saturated rings. The molecule has 0 aliphatic heterocycles. The number of tetrazole rings is 1. The van der Waals surface area contributed by atoms with E-state index < -0.39 is 0 Å². The van der Waals surface area contributed by atoms with Crippen LogP contribution < -0.4 is 19.5 Å². The summed E-state index contributed by atoms with van der Waals surface area (Å²) in [6, 6.07) is 21.2. The van der Waals surface area contributed by atoms with Crippen LogP contribution in [0.15, 0.2) is 72.9 Å². The third-order valence-corrected chi connectivity index (χ3v) is 4.59. The Bertz CT molecular complexity index is 1110. The van der Waals surface area contributed by atoms with Gasteiger partial charge in [-0.25, -0.2) is 4.98 Å².